The van der Waals surface area contributed by atoms with Crippen molar-refractivity contribution in [3.05, 3.63) is 11.7 Å². The molecule has 1 N–H and O–H groups in total. The van der Waals surface area contributed by atoms with E-state index < -0.39 is 0 Å². The van der Waals surface area contributed by atoms with Crippen molar-refractivity contribution in [2.24, 2.45) is 5.92 Å². The van der Waals surface area contributed by atoms with Crippen LogP contribution in [-0.4, -0.2) is 23.3 Å². The molecule has 0 aliphatic rings. The molecular weight excluding hydrogens is 218 g/mol. The maximum absolute atomic E-state index is 5.59. The zero-order valence-electron chi connectivity index (χ0n) is 10.6. The molecule has 0 aliphatic heterocycles. The third-order valence-corrected chi connectivity index (χ3v) is 2.19. The van der Waals surface area contributed by atoms with Crippen LogP contribution in [0.4, 0.5) is 0 Å². The molecule has 5 heteroatoms. The fourth-order valence-corrected chi connectivity index (χ4v) is 1.44. The van der Waals surface area contributed by atoms with Crippen LogP contribution in [-0.2, 0) is 11.3 Å². The van der Waals surface area contributed by atoms with E-state index >= 15 is 0 Å². The molecule has 0 fully saturated rings. The minimum atomic E-state index is -0.120. The molecule has 0 amide bonds. The average molecular weight is 237 g/mol. The van der Waals surface area contributed by atoms with Crippen LogP contribution in [0.2, 0.25) is 0 Å². The van der Waals surface area contributed by atoms with Gasteiger partial charge in [0, 0.05) is 6.61 Å². The Morgan fingerprint density at radius 2 is 2.29 bits per heavy atom. The zero-order chi connectivity index (χ0) is 12.7. The van der Waals surface area contributed by atoms with Gasteiger partial charge in [0.05, 0.1) is 13.1 Å². The Bertz CT molecular complexity index is 368. The Balaban J connectivity index is 2.61. The smallest absolute Gasteiger partial charge is 0.240 e. The summed E-state index contributed by atoms with van der Waals surface area (Å²) >= 11 is 0. The minimum absolute atomic E-state index is 0.120. The van der Waals surface area contributed by atoms with E-state index in [0.717, 1.165) is 0 Å². The van der Waals surface area contributed by atoms with Crippen molar-refractivity contribution in [3.8, 4) is 12.3 Å². The van der Waals surface area contributed by atoms with Gasteiger partial charge in [-0.25, -0.2) is 0 Å². The van der Waals surface area contributed by atoms with Crippen LogP contribution in [0.3, 0.4) is 0 Å². The van der Waals surface area contributed by atoms with Gasteiger partial charge in [-0.15, -0.1) is 6.42 Å². The van der Waals surface area contributed by atoms with Crippen molar-refractivity contribution in [1.29, 1.82) is 0 Å². The van der Waals surface area contributed by atoms with Crippen molar-refractivity contribution in [2.45, 2.75) is 33.4 Å². The molecule has 1 rings (SSSR count). The fraction of sp³-hybridized carbons (Fsp3) is 0.667. The predicted molar refractivity (Wildman–Crippen MR) is 64.0 cm³/mol. The number of hydrogen-bond acceptors (Lipinski definition) is 5. The first-order chi connectivity index (χ1) is 8.19. The van der Waals surface area contributed by atoms with Crippen molar-refractivity contribution in [2.75, 3.05) is 13.2 Å². The molecule has 17 heavy (non-hydrogen) atoms. The molecule has 1 aromatic rings. The molecule has 0 radical (unpaired) electrons. The van der Waals surface area contributed by atoms with Gasteiger partial charge in [0.1, 0.15) is 6.10 Å². The van der Waals surface area contributed by atoms with Gasteiger partial charge in [0.15, 0.2) is 0 Å². The predicted octanol–water partition coefficient (Wildman–Crippen LogP) is 1.53. The largest absolute Gasteiger partial charge is 0.370 e. The maximum Gasteiger partial charge on any atom is 0.240 e. The van der Waals surface area contributed by atoms with Crippen molar-refractivity contribution < 1.29 is 9.26 Å². The highest BCUT2D eigenvalue weighted by molar-refractivity contribution is 4.94. The Kier molecular flexibility index (Phi) is 5.67. The van der Waals surface area contributed by atoms with Crippen LogP contribution < -0.4 is 5.32 Å². The van der Waals surface area contributed by atoms with Gasteiger partial charge in [-0.1, -0.05) is 24.9 Å². The van der Waals surface area contributed by atoms with Gasteiger partial charge in [-0.2, -0.15) is 4.98 Å². The summed E-state index contributed by atoms with van der Waals surface area (Å²) in [7, 11) is 0. The van der Waals surface area contributed by atoms with Gasteiger partial charge in [0.25, 0.3) is 0 Å². The minimum Gasteiger partial charge on any atom is -0.370 e. The number of ether oxygens (including phenoxy) is 1. The van der Waals surface area contributed by atoms with Gasteiger partial charge < -0.3 is 9.26 Å². The first-order valence-corrected chi connectivity index (χ1v) is 5.77. The number of hydrogen-bond donors (Lipinski definition) is 1. The van der Waals surface area contributed by atoms with Crippen LogP contribution in [0.5, 0.6) is 0 Å². The van der Waals surface area contributed by atoms with Crippen molar-refractivity contribution in [3.63, 3.8) is 0 Å². The molecular formula is C12H19N3O2. The molecule has 1 unspecified atom stereocenters. The highest BCUT2D eigenvalue weighted by Crippen LogP contribution is 2.22. The summed E-state index contributed by atoms with van der Waals surface area (Å²) in [5.74, 6) is 3.91. The Morgan fingerprint density at radius 1 is 1.53 bits per heavy atom. The van der Waals surface area contributed by atoms with E-state index in [9.17, 15) is 0 Å². The lowest BCUT2D eigenvalue weighted by Gasteiger charge is -2.16. The average Bonchev–Trinajstić information content (AvgIpc) is 2.74. The third kappa shape index (κ3) is 4.17. The van der Waals surface area contributed by atoms with E-state index in [-0.39, 0.29) is 6.10 Å². The second-order valence-electron chi connectivity index (χ2n) is 3.97. The lowest BCUT2D eigenvalue weighted by atomic mass is 10.1. The molecule has 0 aromatic carbocycles. The Labute approximate surface area is 102 Å². The van der Waals surface area contributed by atoms with E-state index in [1.807, 2.05) is 6.92 Å². The molecule has 0 saturated carbocycles. The van der Waals surface area contributed by atoms with E-state index in [1.165, 1.54) is 0 Å². The van der Waals surface area contributed by atoms with E-state index in [0.29, 0.717) is 37.3 Å². The van der Waals surface area contributed by atoms with Crippen LogP contribution >= 0.6 is 0 Å². The highest BCUT2D eigenvalue weighted by atomic mass is 16.5. The number of terminal acetylenes is 1. The summed E-state index contributed by atoms with van der Waals surface area (Å²) in [6.45, 7) is 7.66. The van der Waals surface area contributed by atoms with E-state index in [4.69, 9.17) is 15.7 Å². The first-order valence-electron chi connectivity index (χ1n) is 5.77. The molecule has 94 valence electrons. The third-order valence-electron chi connectivity index (χ3n) is 2.19. The van der Waals surface area contributed by atoms with Crippen LogP contribution in [0.15, 0.2) is 4.52 Å². The van der Waals surface area contributed by atoms with E-state index in [2.05, 4.69) is 35.2 Å². The van der Waals surface area contributed by atoms with Crippen LogP contribution in [0.1, 0.15) is 38.6 Å². The molecule has 0 spiro atoms. The van der Waals surface area contributed by atoms with Crippen LogP contribution in [0, 0.1) is 18.3 Å². The highest BCUT2D eigenvalue weighted by Gasteiger charge is 2.21. The maximum atomic E-state index is 5.59. The lowest BCUT2D eigenvalue weighted by molar-refractivity contribution is 0.0217. The standard InChI is InChI=1S/C12H19N3O2/c1-5-7-13-8-10-14-12(15-17-10)11(9(3)4)16-6-2/h1,9,11,13H,6-8H2,2-4H3. The van der Waals surface area contributed by atoms with Crippen LogP contribution in [0.25, 0.3) is 0 Å². The number of aromatic nitrogens is 2. The molecule has 1 heterocycles. The summed E-state index contributed by atoms with van der Waals surface area (Å²) in [6.07, 6.45) is 5.01. The monoisotopic (exact) mass is 237 g/mol. The van der Waals surface area contributed by atoms with Gasteiger partial charge in [-0.05, 0) is 12.8 Å². The molecule has 0 aliphatic carbocycles. The van der Waals surface area contributed by atoms with Crippen molar-refractivity contribution >= 4 is 0 Å². The normalized spacial score (nSPS) is 12.6. The number of nitrogens with one attached hydrogen (secondary N) is 1. The van der Waals surface area contributed by atoms with Gasteiger partial charge >= 0.3 is 0 Å². The second-order valence-corrected chi connectivity index (χ2v) is 3.97. The summed E-state index contributed by atoms with van der Waals surface area (Å²) in [4.78, 5) is 4.29. The molecule has 0 bridgehead atoms. The SMILES string of the molecule is C#CCNCc1nc(C(OCC)C(C)C)no1. The molecule has 1 atom stereocenters. The summed E-state index contributed by atoms with van der Waals surface area (Å²) < 4.78 is 10.7. The molecule has 1 aromatic heterocycles. The molecule has 0 saturated heterocycles. The fourth-order valence-electron chi connectivity index (χ4n) is 1.44. The first kappa shape index (κ1) is 13.7. The zero-order valence-corrected chi connectivity index (χ0v) is 10.6. The van der Waals surface area contributed by atoms with Gasteiger partial charge in [0.2, 0.25) is 11.7 Å². The topological polar surface area (TPSA) is 60.2 Å². The summed E-state index contributed by atoms with van der Waals surface area (Å²) in [5, 5.41) is 6.92. The molecule has 5 nitrogen and oxygen atoms in total. The lowest BCUT2D eigenvalue weighted by Crippen LogP contribution is -2.15. The number of nitrogens with zero attached hydrogens (tertiary/aromatic N) is 2. The Hall–Kier alpha value is -1.38. The van der Waals surface area contributed by atoms with Gasteiger partial charge in [-0.3, -0.25) is 5.32 Å². The quantitative estimate of drug-likeness (QED) is 0.575. The Morgan fingerprint density at radius 3 is 2.88 bits per heavy atom. The number of rotatable bonds is 7. The van der Waals surface area contributed by atoms with E-state index in [1.54, 1.807) is 0 Å². The second kappa shape index (κ2) is 7.05. The summed E-state index contributed by atoms with van der Waals surface area (Å²) in [6, 6.07) is 0. The van der Waals surface area contributed by atoms with Crippen molar-refractivity contribution in [1.82, 2.24) is 15.5 Å². The summed E-state index contributed by atoms with van der Waals surface area (Å²) in [5.41, 5.74) is 0.